The summed E-state index contributed by atoms with van der Waals surface area (Å²) in [5.74, 6) is 0. The highest BCUT2D eigenvalue weighted by Gasteiger charge is 1.90. The van der Waals surface area contributed by atoms with Crippen LogP contribution in [-0.2, 0) is 0 Å². The molecule has 0 aliphatic carbocycles. The van der Waals surface area contributed by atoms with Crippen molar-refractivity contribution in [2.24, 2.45) is 0 Å². The molecule has 1 atom stereocenters. The van der Waals surface area contributed by atoms with E-state index < -0.39 is 0 Å². The highest BCUT2D eigenvalue weighted by Crippen LogP contribution is 1.84. The van der Waals surface area contributed by atoms with Crippen LogP contribution in [0.25, 0.3) is 0 Å². The van der Waals surface area contributed by atoms with Crippen LogP contribution in [0.3, 0.4) is 0 Å². The second-order valence-corrected chi connectivity index (χ2v) is 2.57. The van der Waals surface area contributed by atoms with Crippen LogP contribution in [0.1, 0.15) is 61.3 Å². The summed E-state index contributed by atoms with van der Waals surface area (Å²) in [6.45, 7) is 15.9. The third-order valence-electron chi connectivity index (χ3n) is 1.16. The van der Waals surface area contributed by atoms with Gasteiger partial charge in [0.1, 0.15) is 0 Å². The molecule has 1 unspecified atom stereocenters. The van der Waals surface area contributed by atoms with E-state index in [1.165, 1.54) is 12.8 Å². The van der Waals surface area contributed by atoms with Gasteiger partial charge in [0.25, 0.3) is 0 Å². The number of rotatable bonds is 3. The predicted octanol–water partition coefficient (Wildman–Crippen LogP) is 3.84. The summed E-state index contributed by atoms with van der Waals surface area (Å²) in [4.78, 5) is 0. The van der Waals surface area contributed by atoms with Gasteiger partial charge in [-0.1, -0.05) is 48.0 Å². The molecule has 78 valence electrons. The summed E-state index contributed by atoms with van der Waals surface area (Å²) >= 11 is 0. The molecule has 0 aliphatic heterocycles. The lowest BCUT2D eigenvalue weighted by atomic mass is 10.3. The molecule has 0 radical (unpaired) electrons. The van der Waals surface area contributed by atoms with E-state index >= 15 is 0 Å². The van der Waals surface area contributed by atoms with Gasteiger partial charge < -0.3 is 5.32 Å². The molecule has 1 nitrogen and oxygen atoms in total. The fourth-order valence-corrected chi connectivity index (χ4v) is 0.493. The van der Waals surface area contributed by atoms with Gasteiger partial charge in [0, 0.05) is 6.04 Å². The molecule has 0 aromatic heterocycles. The molecule has 0 aliphatic rings. The zero-order chi connectivity index (χ0) is 10.4. The van der Waals surface area contributed by atoms with E-state index in [0.29, 0.717) is 6.04 Å². The molecular formula is C11H29N. The smallest absolute Gasteiger partial charge is 0.00359 e. The molecule has 0 spiro atoms. The molecule has 0 amide bonds. The molecule has 0 rings (SSSR count). The van der Waals surface area contributed by atoms with Gasteiger partial charge in [-0.15, -0.1) is 0 Å². The van der Waals surface area contributed by atoms with E-state index in [9.17, 15) is 0 Å². The van der Waals surface area contributed by atoms with Gasteiger partial charge in [-0.3, -0.25) is 0 Å². The van der Waals surface area contributed by atoms with Gasteiger partial charge in [0.15, 0.2) is 0 Å². The normalized spacial score (nSPS) is 10.2. The van der Waals surface area contributed by atoms with Crippen LogP contribution in [0.15, 0.2) is 0 Å². The molecule has 1 N–H and O–H groups in total. The van der Waals surface area contributed by atoms with Crippen molar-refractivity contribution in [1.29, 1.82) is 0 Å². The molecule has 0 saturated carbocycles. The maximum atomic E-state index is 3.30. The van der Waals surface area contributed by atoms with Gasteiger partial charge >= 0.3 is 0 Å². The van der Waals surface area contributed by atoms with E-state index in [1.807, 2.05) is 13.8 Å². The molecule has 0 saturated heterocycles. The number of hydrogen-bond donors (Lipinski definition) is 1. The quantitative estimate of drug-likeness (QED) is 0.687. The Bertz CT molecular complexity index is 44.3. The SMILES string of the molecule is CC.CCC.CCNC(C)CC. The van der Waals surface area contributed by atoms with Crippen molar-refractivity contribution in [3.8, 4) is 0 Å². The lowest BCUT2D eigenvalue weighted by Crippen LogP contribution is -2.24. The Kier molecular flexibility index (Phi) is 33.5. The van der Waals surface area contributed by atoms with E-state index in [-0.39, 0.29) is 0 Å². The first-order chi connectivity index (χ1) is 5.72. The second kappa shape index (κ2) is 22.4. The molecule has 0 aromatic carbocycles. The fourth-order valence-electron chi connectivity index (χ4n) is 0.493. The van der Waals surface area contributed by atoms with E-state index in [2.05, 4.69) is 39.9 Å². The van der Waals surface area contributed by atoms with Crippen molar-refractivity contribution in [1.82, 2.24) is 5.32 Å². The highest BCUT2D eigenvalue weighted by atomic mass is 14.9. The van der Waals surface area contributed by atoms with Crippen molar-refractivity contribution in [3.63, 3.8) is 0 Å². The summed E-state index contributed by atoms with van der Waals surface area (Å²) in [7, 11) is 0. The van der Waals surface area contributed by atoms with E-state index in [0.717, 1.165) is 6.54 Å². The molecule has 0 heterocycles. The largest absolute Gasteiger partial charge is 0.315 e. The van der Waals surface area contributed by atoms with Gasteiger partial charge in [0.2, 0.25) is 0 Å². The van der Waals surface area contributed by atoms with Crippen LogP contribution in [-0.4, -0.2) is 12.6 Å². The van der Waals surface area contributed by atoms with Crippen LogP contribution >= 0.6 is 0 Å². The Morgan fingerprint density at radius 1 is 1.00 bits per heavy atom. The Labute approximate surface area is 80.0 Å². The molecule has 0 fully saturated rings. The lowest BCUT2D eigenvalue weighted by molar-refractivity contribution is 0.553. The first-order valence-electron chi connectivity index (χ1n) is 5.46. The minimum atomic E-state index is 0.699. The van der Waals surface area contributed by atoms with Gasteiger partial charge in [-0.05, 0) is 19.9 Å². The monoisotopic (exact) mass is 175 g/mol. The zero-order valence-electron chi connectivity index (χ0n) is 10.2. The molecule has 0 aromatic rings. The van der Waals surface area contributed by atoms with Crippen molar-refractivity contribution in [2.75, 3.05) is 6.54 Å². The van der Waals surface area contributed by atoms with E-state index in [1.54, 1.807) is 0 Å². The summed E-state index contributed by atoms with van der Waals surface area (Å²) in [6.07, 6.45) is 2.48. The lowest BCUT2D eigenvalue weighted by Gasteiger charge is -2.06. The van der Waals surface area contributed by atoms with Gasteiger partial charge in [0.05, 0.1) is 0 Å². The number of hydrogen-bond acceptors (Lipinski definition) is 1. The third kappa shape index (κ3) is 32.5. The predicted molar refractivity (Wildman–Crippen MR) is 60.7 cm³/mol. The summed E-state index contributed by atoms with van der Waals surface area (Å²) in [5.41, 5.74) is 0. The zero-order valence-corrected chi connectivity index (χ0v) is 10.2. The van der Waals surface area contributed by atoms with Crippen LogP contribution in [0, 0.1) is 0 Å². The maximum absolute atomic E-state index is 3.30. The Balaban J connectivity index is -0.000000137. The minimum absolute atomic E-state index is 0.699. The van der Waals surface area contributed by atoms with Crippen LogP contribution < -0.4 is 5.32 Å². The Hall–Kier alpha value is -0.0400. The topological polar surface area (TPSA) is 12.0 Å². The second-order valence-electron chi connectivity index (χ2n) is 2.57. The van der Waals surface area contributed by atoms with Crippen molar-refractivity contribution >= 4 is 0 Å². The molecule has 0 bridgehead atoms. The average Bonchev–Trinajstić information content (AvgIpc) is 2.10. The first kappa shape index (κ1) is 17.9. The van der Waals surface area contributed by atoms with Crippen LogP contribution in [0.5, 0.6) is 0 Å². The Morgan fingerprint density at radius 3 is 1.42 bits per heavy atom. The standard InChI is InChI=1S/C6H15N.C3H8.C2H6/c1-4-6(3)7-5-2;1-3-2;1-2/h6-7H,4-5H2,1-3H3;3H2,1-2H3;1-2H3. The van der Waals surface area contributed by atoms with Crippen LogP contribution in [0.2, 0.25) is 0 Å². The van der Waals surface area contributed by atoms with Crippen molar-refractivity contribution < 1.29 is 0 Å². The fraction of sp³-hybridized carbons (Fsp3) is 1.00. The average molecular weight is 175 g/mol. The molecule has 1 heteroatoms. The number of nitrogens with one attached hydrogen (secondary N) is 1. The minimum Gasteiger partial charge on any atom is -0.315 e. The van der Waals surface area contributed by atoms with Gasteiger partial charge in [-0.2, -0.15) is 0 Å². The summed E-state index contributed by atoms with van der Waals surface area (Å²) < 4.78 is 0. The van der Waals surface area contributed by atoms with Crippen molar-refractivity contribution in [3.05, 3.63) is 0 Å². The third-order valence-corrected chi connectivity index (χ3v) is 1.16. The van der Waals surface area contributed by atoms with Crippen molar-refractivity contribution in [2.45, 2.75) is 67.3 Å². The van der Waals surface area contributed by atoms with Gasteiger partial charge in [-0.25, -0.2) is 0 Å². The van der Waals surface area contributed by atoms with Crippen LogP contribution in [0.4, 0.5) is 0 Å². The van der Waals surface area contributed by atoms with E-state index in [4.69, 9.17) is 0 Å². The highest BCUT2D eigenvalue weighted by molar-refractivity contribution is 4.53. The first-order valence-corrected chi connectivity index (χ1v) is 5.46. The maximum Gasteiger partial charge on any atom is 0.00359 e. The summed E-state index contributed by atoms with van der Waals surface area (Å²) in [5, 5.41) is 3.30. The molecule has 12 heavy (non-hydrogen) atoms. The Morgan fingerprint density at radius 2 is 1.33 bits per heavy atom. The summed E-state index contributed by atoms with van der Waals surface area (Å²) in [6, 6.07) is 0.699. The molecular weight excluding hydrogens is 146 g/mol.